The number of hydrogen-bond acceptors (Lipinski definition) is 5. The average molecular weight is 447 g/mol. The monoisotopic (exact) mass is 446 g/mol. The normalized spacial score (nSPS) is 20.9. The number of benzene rings is 1. The molecule has 0 aliphatic carbocycles. The van der Waals surface area contributed by atoms with E-state index in [4.69, 9.17) is 0 Å². The molecule has 1 aromatic rings. The van der Waals surface area contributed by atoms with Gasteiger partial charge in [-0.2, -0.15) is 0 Å². The highest BCUT2D eigenvalue weighted by atomic mass is 32.2. The van der Waals surface area contributed by atoms with Gasteiger partial charge in [-0.15, -0.1) is 0 Å². The van der Waals surface area contributed by atoms with E-state index in [-0.39, 0.29) is 12.3 Å². The first kappa shape index (κ1) is 23.5. The lowest BCUT2D eigenvalue weighted by molar-refractivity contribution is 0.407. The Bertz CT molecular complexity index is 847. The SMILES string of the molecule is Cc1ccc(S(=O)(=O)C2CCNCCN(S(=O)(=O)CC[Si](C)(C)C)CC2)cc1. The fraction of sp³-hybridized carbons (Fsp3) is 0.684. The third-order valence-electron chi connectivity index (χ3n) is 5.17. The Morgan fingerprint density at radius 2 is 1.64 bits per heavy atom. The Morgan fingerprint density at radius 3 is 2.25 bits per heavy atom. The molecule has 1 aromatic carbocycles. The van der Waals surface area contributed by atoms with Crippen molar-refractivity contribution in [1.29, 1.82) is 0 Å². The van der Waals surface area contributed by atoms with Crippen molar-refractivity contribution in [2.24, 2.45) is 0 Å². The van der Waals surface area contributed by atoms with Crippen molar-refractivity contribution in [2.75, 3.05) is 31.9 Å². The van der Waals surface area contributed by atoms with Gasteiger partial charge < -0.3 is 5.32 Å². The van der Waals surface area contributed by atoms with Gasteiger partial charge >= 0.3 is 0 Å². The van der Waals surface area contributed by atoms with Crippen LogP contribution in [0.3, 0.4) is 0 Å². The Kier molecular flexibility index (Phi) is 7.88. The molecule has 0 amide bonds. The molecule has 0 aromatic heterocycles. The summed E-state index contributed by atoms with van der Waals surface area (Å²) in [4.78, 5) is 0.315. The van der Waals surface area contributed by atoms with Crippen molar-refractivity contribution in [3.05, 3.63) is 29.8 Å². The van der Waals surface area contributed by atoms with Crippen LogP contribution in [0.2, 0.25) is 25.7 Å². The van der Waals surface area contributed by atoms with Crippen LogP contribution < -0.4 is 5.32 Å². The van der Waals surface area contributed by atoms with Crippen molar-refractivity contribution >= 4 is 27.9 Å². The standard InChI is InChI=1S/C19H34N2O4S2Si/c1-17-5-7-18(8-6-17)27(24,25)19-9-11-20-12-14-21(13-10-19)26(22,23)15-16-28(2,3)4/h5-8,19-20H,9-16H2,1-4H3. The summed E-state index contributed by atoms with van der Waals surface area (Å²) < 4.78 is 53.4. The molecule has 1 aliphatic heterocycles. The van der Waals surface area contributed by atoms with Crippen LogP contribution >= 0.6 is 0 Å². The maximum atomic E-state index is 13.1. The van der Waals surface area contributed by atoms with E-state index in [0.29, 0.717) is 43.4 Å². The summed E-state index contributed by atoms with van der Waals surface area (Å²) in [5, 5.41) is 2.61. The molecule has 1 fully saturated rings. The molecule has 1 N–H and O–H groups in total. The first-order valence-corrected chi connectivity index (χ1v) is 16.8. The molecule has 1 atom stereocenters. The summed E-state index contributed by atoms with van der Waals surface area (Å²) in [6.45, 7) is 10.2. The lowest BCUT2D eigenvalue weighted by Gasteiger charge is -2.25. The summed E-state index contributed by atoms with van der Waals surface area (Å²) in [6, 6.07) is 7.60. The van der Waals surface area contributed by atoms with Gasteiger partial charge in [-0.05, 0) is 44.5 Å². The zero-order chi connectivity index (χ0) is 21.0. The number of sulfone groups is 1. The lowest BCUT2D eigenvalue weighted by Crippen LogP contribution is -2.40. The Labute approximate surface area is 171 Å². The zero-order valence-electron chi connectivity index (χ0n) is 17.4. The minimum atomic E-state index is -3.49. The van der Waals surface area contributed by atoms with Crippen LogP contribution in [0.1, 0.15) is 18.4 Å². The predicted octanol–water partition coefficient (Wildman–Crippen LogP) is 2.49. The molecule has 2 rings (SSSR count). The van der Waals surface area contributed by atoms with Crippen LogP contribution in [-0.4, -0.2) is 66.4 Å². The fourth-order valence-corrected chi connectivity index (χ4v) is 9.45. The van der Waals surface area contributed by atoms with Gasteiger partial charge in [-0.1, -0.05) is 37.3 Å². The fourth-order valence-electron chi connectivity index (χ4n) is 3.21. The summed E-state index contributed by atoms with van der Waals surface area (Å²) in [6.07, 6.45) is 0.809. The summed E-state index contributed by atoms with van der Waals surface area (Å²) in [7, 11) is -8.34. The largest absolute Gasteiger partial charge is 0.315 e. The highest BCUT2D eigenvalue weighted by Gasteiger charge is 2.31. The Hall–Kier alpha value is -0.743. The number of nitrogens with one attached hydrogen (secondary N) is 1. The van der Waals surface area contributed by atoms with Gasteiger partial charge in [0.2, 0.25) is 10.0 Å². The van der Waals surface area contributed by atoms with Gasteiger partial charge in [0.15, 0.2) is 9.84 Å². The van der Waals surface area contributed by atoms with Crippen molar-refractivity contribution in [2.45, 2.75) is 55.6 Å². The maximum Gasteiger partial charge on any atom is 0.213 e. The number of aryl methyl sites for hydroxylation is 1. The molecule has 0 radical (unpaired) electrons. The van der Waals surface area contributed by atoms with E-state index < -0.39 is 33.2 Å². The van der Waals surface area contributed by atoms with Gasteiger partial charge in [-0.3, -0.25) is 0 Å². The molecule has 0 spiro atoms. The van der Waals surface area contributed by atoms with Crippen LogP contribution in [0.25, 0.3) is 0 Å². The molecule has 1 unspecified atom stereocenters. The molecule has 1 aliphatic rings. The third-order valence-corrected chi connectivity index (χ3v) is 11.4. The number of rotatable bonds is 6. The highest BCUT2D eigenvalue weighted by Crippen LogP contribution is 2.23. The summed E-state index contributed by atoms with van der Waals surface area (Å²) >= 11 is 0. The van der Waals surface area contributed by atoms with E-state index >= 15 is 0 Å². The van der Waals surface area contributed by atoms with Crippen molar-refractivity contribution in [3.8, 4) is 0 Å². The van der Waals surface area contributed by atoms with E-state index in [1.165, 1.54) is 4.31 Å². The first-order chi connectivity index (χ1) is 12.9. The second-order valence-corrected chi connectivity index (χ2v) is 18.8. The van der Waals surface area contributed by atoms with Gasteiger partial charge in [0.05, 0.1) is 15.9 Å². The van der Waals surface area contributed by atoms with Crippen LogP contribution in [-0.2, 0) is 19.9 Å². The minimum Gasteiger partial charge on any atom is -0.315 e. The highest BCUT2D eigenvalue weighted by molar-refractivity contribution is 7.92. The maximum absolute atomic E-state index is 13.1. The lowest BCUT2D eigenvalue weighted by atomic mass is 10.2. The van der Waals surface area contributed by atoms with Crippen LogP contribution in [0, 0.1) is 6.92 Å². The molecule has 0 bridgehead atoms. The molecular formula is C19H34N2O4S2Si. The Balaban J connectivity index is 2.17. The first-order valence-electron chi connectivity index (χ1n) is 9.91. The molecule has 9 heteroatoms. The topological polar surface area (TPSA) is 83.6 Å². The van der Waals surface area contributed by atoms with Gasteiger partial charge in [-0.25, -0.2) is 21.1 Å². The van der Waals surface area contributed by atoms with E-state index in [9.17, 15) is 16.8 Å². The summed E-state index contributed by atoms with van der Waals surface area (Å²) in [5.74, 6) is 0.151. The van der Waals surface area contributed by atoms with Crippen LogP contribution in [0.5, 0.6) is 0 Å². The van der Waals surface area contributed by atoms with Crippen molar-refractivity contribution in [3.63, 3.8) is 0 Å². The van der Waals surface area contributed by atoms with E-state index in [2.05, 4.69) is 25.0 Å². The second kappa shape index (κ2) is 9.38. The van der Waals surface area contributed by atoms with E-state index in [1.807, 2.05) is 6.92 Å². The van der Waals surface area contributed by atoms with Crippen LogP contribution in [0.4, 0.5) is 0 Å². The average Bonchev–Trinajstić information content (AvgIpc) is 2.72. The third kappa shape index (κ3) is 6.65. The zero-order valence-corrected chi connectivity index (χ0v) is 20.1. The molecule has 6 nitrogen and oxygen atoms in total. The Morgan fingerprint density at radius 1 is 1.00 bits per heavy atom. The number of hydrogen-bond donors (Lipinski definition) is 1. The van der Waals surface area contributed by atoms with Crippen molar-refractivity contribution in [1.82, 2.24) is 9.62 Å². The van der Waals surface area contributed by atoms with Gasteiger partial charge in [0.25, 0.3) is 0 Å². The molecule has 160 valence electrons. The molecule has 1 heterocycles. The van der Waals surface area contributed by atoms with E-state index in [1.54, 1.807) is 24.3 Å². The van der Waals surface area contributed by atoms with Gasteiger partial charge in [0, 0.05) is 27.7 Å². The second-order valence-electron chi connectivity index (χ2n) is 8.83. The number of nitrogens with zero attached hydrogens (tertiary/aromatic N) is 1. The quantitative estimate of drug-likeness (QED) is 0.679. The van der Waals surface area contributed by atoms with Crippen molar-refractivity contribution < 1.29 is 16.8 Å². The molecule has 1 saturated heterocycles. The molecule has 0 saturated carbocycles. The molecular weight excluding hydrogens is 412 g/mol. The van der Waals surface area contributed by atoms with Gasteiger partial charge in [0.1, 0.15) is 0 Å². The molecule has 28 heavy (non-hydrogen) atoms. The minimum absolute atomic E-state index is 0.151. The smallest absolute Gasteiger partial charge is 0.213 e. The van der Waals surface area contributed by atoms with E-state index in [0.717, 1.165) is 5.56 Å². The predicted molar refractivity (Wildman–Crippen MR) is 118 cm³/mol. The number of sulfonamides is 1. The van der Waals surface area contributed by atoms with Crippen LogP contribution in [0.15, 0.2) is 29.2 Å². The summed E-state index contributed by atoms with van der Waals surface area (Å²) in [5.41, 5.74) is 1.01.